The number of rotatable bonds is 6. The molecule has 0 aromatic heterocycles. The molecule has 0 aliphatic carbocycles. The van der Waals surface area contributed by atoms with Crippen molar-refractivity contribution in [3.63, 3.8) is 0 Å². The molecule has 1 aromatic carbocycles. The number of anilines is 2. The van der Waals surface area contributed by atoms with E-state index in [4.69, 9.17) is 0 Å². The first-order chi connectivity index (χ1) is 12.5. The molecule has 0 bridgehead atoms. The number of fused-ring (bicyclic) bond motifs is 1. The summed E-state index contributed by atoms with van der Waals surface area (Å²) in [4.78, 5) is 36.9. The number of amides is 2. The minimum absolute atomic E-state index is 0.120. The summed E-state index contributed by atoms with van der Waals surface area (Å²) in [6.45, 7) is 2.88. The molecule has 2 amide bonds. The lowest BCUT2D eigenvalue weighted by Gasteiger charge is -2.32. The highest BCUT2D eigenvalue weighted by molar-refractivity contribution is 6.11. The Kier molecular flexibility index (Phi) is 6.09. The number of hydrogen-bond acceptors (Lipinski definition) is 4. The maximum Gasteiger partial charge on any atom is 0.416 e. The van der Waals surface area contributed by atoms with Gasteiger partial charge in [-0.1, -0.05) is 13.3 Å². The van der Waals surface area contributed by atoms with E-state index in [1.165, 1.54) is 6.92 Å². The van der Waals surface area contributed by atoms with E-state index in [-0.39, 0.29) is 17.9 Å². The number of nitrogens with one attached hydrogen (secondary N) is 2. The molecular formula is C17H20F3N3O4. The molecule has 2 rings (SSSR count). The van der Waals surface area contributed by atoms with Crippen molar-refractivity contribution in [2.45, 2.75) is 44.9 Å². The van der Waals surface area contributed by atoms with Gasteiger partial charge < -0.3 is 10.4 Å². The summed E-state index contributed by atoms with van der Waals surface area (Å²) >= 11 is 0. The monoisotopic (exact) mass is 387 g/mol. The summed E-state index contributed by atoms with van der Waals surface area (Å²) in [7, 11) is 0. The Morgan fingerprint density at radius 2 is 2.04 bits per heavy atom. The van der Waals surface area contributed by atoms with Gasteiger partial charge in [-0.15, -0.1) is 0 Å². The number of carbonyl (C=O) groups excluding carboxylic acids is 2. The molecule has 2 unspecified atom stereocenters. The van der Waals surface area contributed by atoms with Crippen LogP contribution >= 0.6 is 0 Å². The fourth-order valence-electron chi connectivity index (χ4n) is 2.84. The van der Waals surface area contributed by atoms with Crippen molar-refractivity contribution in [1.29, 1.82) is 0 Å². The van der Waals surface area contributed by atoms with Crippen LogP contribution in [-0.2, 0) is 20.6 Å². The van der Waals surface area contributed by atoms with Gasteiger partial charge in [0.1, 0.15) is 12.6 Å². The molecule has 0 saturated carbocycles. The Morgan fingerprint density at radius 3 is 2.59 bits per heavy atom. The first kappa shape index (κ1) is 20.7. The summed E-state index contributed by atoms with van der Waals surface area (Å²) in [5.74, 6) is -2.35. The van der Waals surface area contributed by atoms with E-state index in [0.29, 0.717) is 12.8 Å². The van der Waals surface area contributed by atoms with E-state index in [2.05, 4.69) is 10.6 Å². The van der Waals surface area contributed by atoms with Gasteiger partial charge in [-0.05, 0) is 31.5 Å². The lowest BCUT2D eigenvalue weighted by atomic mass is 10.1. The molecule has 148 valence electrons. The summed E-state index contributed by atoms with van der Waals surface area (Å²) < 4.78 is 38.6. The summed E-state index contributed by atoms with van der Waals surface area (Å²) in [6.07, 6.45) is -3.70. The van der Waals surface area contributed by atoms with Crippen LogP contribution in [0.4, 0.5) is 24.5 Å². The van der Waals surface area contributed by atoms with Gasteiger partial charge in [-0.3, -0.25) is 24.6 Å². The van der Waals surface area contributed by atoms with E-state index in [1.54, 1.807) is 6.92 Å². The lowest BCUT2D eigenvalue weighted by Crippen LogP contribution is -2.53. The zero-order valence-electron chi connectivity index (χ0n) is 14.8. The van der Waals surface area contributed by atoms with Crippen molar-refractivity contribution in [3.05, 3.63) is 23.8 Å². The smallest absolute Gasteiger partial charge is 0.416 e. The SMILES string of the molecule is CCCC(NC(C)C(=O)N1CC(=O)Nc2cc(C(F)(F)F)ccc21)C(=O)O. The van der Waals surface area contributed by atoms with E-state index in [1.807, 2.05) is 0 Å². The van der Waals surface area contributed by atoms with Crippen LogP contribution in [0.25, 0.3) is 0 Å². The van der Waals surface area contributed by atoms with E-state index in [9.17, 15) is 32.7 Å². The Hall–Kier alpha value is -2.62. The fraction of sp³-hybridized carbons (Fsp3) is 0.471. The second-order valence-corrected chi connectivity index (χ2v) is 6.27. The third-order valence-electron chi connectivity index (χ3n) is 4.15. The van der Waals surface area contributed by atoms with Crippen molar-refractivity contribution in [2.75, 3.05) is 16.8 Å². The molecular weight excluding hydrogens is 367 g/mol. The Bertz CT molecular complexity index is 751. The molecule has 27 heavy (non-hydrogen) atoms. The molecule has 3 N–H and O–H groups in total. The van der Waals surface area contributed by atoms with Gasteiger partial charge >= 0.3 is 12.1 Å². The predicted octanol–water partition coefficient (Wildman–Crippen LogP) is 2.22. The highest BCUT2D eigenvalue weighted by Gasteiger charge is 2.35. The van der Waals surface area contributed by atoms with Crippen molar-refractivity contribution < 1.29 is 32.7 Å². The topological polar surface area (TPSA) is 98.7 Å². The number of carbonyl (C=O) groups is 3. The maximum absolute atomic E-state index is 12.9. The molecule has 0 saturated heterocycles. The van der Waals surface area contributed by atoms with Crippen molar-refractivity contribution >= 4 is 29.2 Å². The predicted molar refractivity (Wildman–Crippen MR) is 91.4 cm³/mol. The van der Waals surface area contributed by atoms with Gasteiger partial charge in [0.25, 0.3) is 0 Å². The van der Waals surface area contributed by atoms with E-state index < -0.39 is 41.6 Å². The third-order valence-corrected chi connectivity index (χ3v) is 4.15. The molecule has 0 fully saturated rings. The molecule has 2 atom stereocenters. The van der Waals surface area contributed by atoms with Crippen LogP contribution in [0.2, 0.25) is 0 Å². The minimum atomic E-state index is -4.59. The number of hydrogen-bond donors (Lipinski definition) is 3. The number of carboxylic acids is 1. The molecule has 1 heterocycles. The van der Waals surface area contributed by atoms with Crippen molar-refractivity contribution in [3.8, 4) is 0 Å². The van der Waals surface area contributed by atoms with Crippen LogP contribution in [0.5, 0.6) is 0 Å². The second-order valence-electron chi connectivity index (χ2n) is 6.27. The maximum atomic E-state index is 12.9. The second kappa shape index (κ2) is 7.95. The van der Waals surface area contributed by atoms with Crippen LogP contribution in [0, 0.1) is 0 Å². The van der Waals surface area contributed by atoms with Gasteiger partial charge in [0.15, 0.2) is 0 Å². The van der Waals surface area contributed by atoms with Gasteiger partial charge in [0.2, 0.25) is 11.8 Å². The number of carboxylic acid groups (broad SMARTS) is 1. The summed E-state index contributed by atoms with van der Waals surface area (Å²) in [5, 5.41) is 14.2. The molecule has 7 nitrogen and oxygen atoms in total. The van der Waals surface area contributed by atoms with Gasteiger partial charge in [-0.25, -0.2) is 0 Å². The molecule has 1 aliphatic rings. The molecule has 10 heteroatoms. The first-order valence-electron chi connectivity index (χ1n) is 8.36. The number of aliphatic carboxylic acids is 1. The summed E-state index contributed by atoms with van der Waals surface area (Å²) in [5.41, 5.74) is -0.940. The van der Waals surface area contributed by atoms with Crippen LogP contribution in [0.3, 0.4) is 0 Å². The lowest BCUT2D eigenvalue weighted by molar-refractivity contribution is -0.140. The Morgan fingerprint density at radius 1 is 1.37 bits per heavy atom. The van der Waals surface area contributed by atoms with Gasteiger partial charge in [-0.2, -0.15) is 13.2 Å². The number of nitrogens with zero attached hydrogens (tertiary/aromatic N) is 1. The molecule has 0 radical (unpaired) electrons. The van der Waals surface area contributed by atoms with Crippen molar-refractivity contribution in [2.24, 2.45) is 0 Å². The van der Waals surface area contributed by atoms with Crippen LogP contribution in [0.15, 0.2) is 18.2 Å². The first-order valence-corrected chi connectivity index (χ1v) is 8.36. The highest BCUT2D eigenvalue weighted by Crippen LogP contribution is 2.37. The largest absolute Gasteiger partial charge is 0.480 e. The van der Waals surface area contributed by atoms with Gasteiger partial charge in [0.05, 0.1) is 23.0 Å². The Balaban J connectivity index is 2.27. The number of halogens is 3. The minimum Gasteiger partial charge on any atom is -0.480 e. The molecule has 1 aromatic rings. The van der Waals surface area contributed by atoms with E-state index >= 15 is 0 Å². The Labute approximate surface area is 153 Å². The number of benzene rings is 1. The molecule has 1 aliphatic heterocycles. The quantitative estimate of drug-likeness (QED) is 0.695. The highest BCUT2D eigenvalue weighted by atomic mass is 19.4. The van der Waals surface area contributed by atoms with E-state index in [0.717, 1.165) is 23.1 Å². The van der Waals surface area contributed by atoms with Crippen LogP contribution in [0.1, 0.15) is 32.3 Å². The summed E-state index contributed by atoms with van der Waals surface area (Å²) in [6, 6.07) is 0.815. The van der Waals surface area contributed by atoms with Crippen LogP contribution < -0.4 is 15.5 Å². The van der Waals surface area contributed by atoms with Crippen molar-refractivity contribution in [1.82, 2.24) is 5.32 Å². The zero-order chi connectivity index (χ0) is 20.4. The standard InChI is InChI=1S/C17H20F3N3O4/c1-3-4-11(16(26)27)21-9(2)15(25)23-8-14(24)22-12-7-10(17(18,19)20)5-6-13(12)23/h5-7,9,11,21H,3-4,8H2,1-2H3,(H,22,24)(H,26,27). The zero-order valence-corrected chi connectivity index (χ0v) is 14.8. The fourth-order valence-corrected chi connectivity index (χ4v) is 2.84. The normalized spacial score (nSPS) is 16.3. The van der Waals surface area contributed by atoms with Crippen LogP contribution in [-0.4, -0.2) is 41.5 Å². The average molecular weight is 387 g/mol. The van der Waals surface area contributed by atoms with Gasteiger partial charge in [0, 0.05) is 0 Å². The number of alkyl halides is 3. The average Bonchev–Trinajstić information content (AvgIpc) is 2.58. The third kappa shape index (κ3) is 4.76. The molecule has 0 spiro atoms.